The Morgan fingerprint density at radius 2 is 1.56 bits per heavy atom. The molecule has 2 aliphatic rings. The molecule has 2 aliphatic heterocycles. The second kappa shape index (κ2) is 11.5. The lowest BCUT2D eigenvalue weighted by molar-refractivity contribution is -0.133. The normalized spacial score (nSPS) is 20.3. The zero-order chi connectivity index (χ0) is 22.2. The van der Waals surface area contributed by atoms with Gasteiger partial charge >= 0.3 is 0 Å². The molecule has 0 radical (unpaired) electrons. The van der Waals surface area contributed by atoms with Crippen molar-refractivity contribution in [3.8, 4) is 5.75 Å². The molecule has 2 aromatic carbocycles. The van der Waals surface area contributed by atoms with E-state index in [1.807, 2.05) is 12.1 Å². The van der Waals surface area contributed by atoms with Crippen LogP contribution in [0, 0.1) is 5.92 Å². The molecule has 0 saturated carbocycles. The highest BCUT2D eigenvalue weighted by Crippen LogP contribution is 2.24. The Balaban J connectivity index is 1.17. The number of carbonyl (C=O) groups excluding carboxylic acids is 1. The van der Waals surface area contributed by atoms with Crippen LogP contribution in [0.4, 0.5) is 0 Å². The third-order valence-corrected chi connectivity index (χ3v) is 6.91. The zero-order valence-electron chi connectivity index (χ0n) is 19.4. The Morgan fingerprint density at radius 1 is 0.875 bits per heavy atom. The van der Waals surface area contributed by atoms with Crippen molar-refractivity contribution in [2.24, 2.45) is 5.92 Å². The number of methoxy groups -OCH3 is 1. The monoisotopic (exact) mass is 435 g/mol. The van der Waals surface area contributed by atoms with Crippen LogP contribution in [0.15, 0.2) is 54.6 Å². The lowest BCUT2D eigenvalue weighted by Crippen LogP contribution is -2.48. The van der Waals surface area contributed by atoms with Gasteiger partial charge in [-0.1, -0.05) is 42.5 Å². The lowest BCUT2D eigenvalue weighted by atomic mass is 9.92. The summed E-state index contributed by atoms with van der Waals surface area (Å²) >= 11 is 0. The fourth-order valence-corrected chi connectivity index (χ4v) is 5.00. The Labute approximate surface area is 193 Å². The minimum Gasteiger partial charge on any atom is -0.497 e. The average Bonchev–Trinajstić information content (AvgIpc) is 2.84. The first-order valence-corrected chi connectivity index (χ1v) is 12.1. The first-order valence-electron chi connectivity index (χ1n) is 12.1. The van der Waals surface area contributed by atoms with Crippen molar-refractivity contribution in [3.05, 3.63) is 65.7 Å². The minimum atomic E-state index is 0.344. The van der Waals surface area contributed by atoms with Crippen molar-refractivity contribution in [1.82, 2.24) is 14.7 Å². The molecule has 172 valence electrons. The Hall–Kier alpha value is -2.37. The number of rotatable bonds is 8. The molecule has 32 heavy (non-hydrogen) atoms. The predicted molar refractivity (Wildman–Crippen MR) is 129 cm³/mol. The van der Waals surface area contributed by atoms with Gasteiger partial charge in [0.15, 0.2) is 0 Å². The van der Waals surface area contributed by atoms with Crippen LogP contribution in [0.1, 0.15) is 36.8 Å². The van der Waals surface area contributed by atoms with Crippen LogP contribution in [0.2, 0.25) is 0 Å². The fraction of sp³-hybridized carbons (Fsp3) is 0.519. The van der Waals surface area contributed by atoms with Crippen LogP contribution in [-0.4, -0.2) is 67.0 Å². The smallest absolute Gasteiger partial charge is 0.222 e. The number of amides is 1. The molecule has 4 rings (SSSR count). The van der Waals surface area contributed by atoms with E-state index in [2.05, 4.69) is 57.2 Å². The summed E-state index contributed by atoms with van der Waals surface area (Å²) in [6, 6.07) is 19.0. The quantitative estimate of drug-likeness (QED) is 0.627. The molecule has 2 heterocycles. The van der Waals surface area contributed by atoms with Gasteiger partial charge in [0.2, 0.25) is 5.91 Å². The largest absolute Gasteiger partial charge is 0.497 e. The van der Waals surface area contributed by atoms with E-state index in [9.17, 15) is 4.79 Å². The van der Waals surface area contributed by atoms with E-state index < -0.39 is 0 Å². The standard InChI is InChI=1S/C27H37N3O2/c1-32-26-12-9-25(10-13-26)22-29-15-5-8-24(21-29)11-14-27(31)30-18-16-28(17-19-30)20-23-6-3-2-4-7-23/h2-4,6-7,9-10,12-13,24H,5,8,11,14-22H2,1H3/t24-/m1/s1. The molecule has 0 aliphatic carbocycles. The minimum absolute atomic E-state index is 0.344. The van der Waals surface area contributed by atoms with E-state index in [1.54, 1.807) is 7.11 Å². The van der Waals surface area contributed by atoms with Gasteiger partial charge in [0, 0.05) is 52.2 Å². The van der Waals surface area contributed by atoms with E-state index >= 15 is 0 Å². The van der Waals surface area contributed by atoms with Gasteiger partial charge < -0.3 is 9.64 Å². The summed E-state index contributed by atoms with van der Waals surface area (Å²) in [7, 11) is 1.70. The molecule has 5 nitrogen and oxygen atoms in total. The number of hydrogen-bond donors (Lipinski definition) is 0. The highest BCUT2D eigenvalue weighted by atomic mass is 16.5. The fourth-order valence-electron chi connectivity index (χ4n) is 5.00. The van der Waals surface area contributed by atoms with Crippen molar-refractivity contribution >= 4 is 5.91 Å². The molecule has 2 fully saturated rings. The van der Waals surface area contributed by atoms with Crippen LogP contribution in [0.5, 0.6) is 5.75 Å². The number of likely N-dealkylation sites (tertiary alicyclic amines) is 1. The Morgan fingerprint density at radius 3 is 2.28 bits per heavy atom. The number of piperidine rings is 1. The molecule has 0 N–H and O–H groups in total. The van der Waals surface area contributed by atoms with Crippen LogP contribution >= 0.6 is 0 Å². The van der Waals surface area contributed by atoms with Gasteiger partial charge in [-0.2, -0.15) is 0 Å². The molecule has 0 spiro atoms. The maximum Gasteiger partial charge on any atom is 0.222 e. The maximum absolute atomic E-state index is 12.8. The number of carbonyl (C=O) groups is 1. The summed E-state index contributed by atoms with van der Waals surface area (Å²) in [6.07, 6.45) is 4.19. The molecule has 2 saturated heterocycles. The second-order valence-corrected chi connectivity index (χ2v) is 9.27. The first kappa shape index (κ1) is 22.8. The second-order valence-electron chi connectivity index (χ2n) is 9.27. The molecule has 0 aromatic heterocycles. The summed E-state index contributed by atoms with van der Waals surface area (Å²) in [6.45, 7) is 7.88. The molecule has 1 atom stereocenters. The van der Waals surface area contributed by atoms with E-state index in [0.717, 1.165) is 64.5 Å². The van der Waals surface area contributed by atoms with Gasteiger partial charge in [0.1, 0.15) is 5.75 Å². The van der Waals surface area contributed by atoms with Crippen LogP contribution in [0.3, 0.4) is 0 Å². The Kier molecular flexibility index (Phi) is 8.18. The Bertz CT molecular complexity index is 832. The summed E-state index contributed by atoms with van der Waals surface area (Å²) < 4.78 is 5.26. The topological polar surface area (TPSA) is 36.0 Å². The van der Waals surface area contributed by atoms with E-state index in [4.69, 9.17) is 4.74 Å². The highest BCUT2D eigenvalue weighted by Gasteiger charge is 2.24. The number of nitrogens with zero attached hydrogens (tertiary/aromatic N) is 3. The highest BCUT2D eigenvalue weighted by molar-refractivity contribution is 5.76. The first-order chi connectivity index (χ1) is 15.7. The number of benzene rings is 2. The van der Waals surface area contributed by atoms with E-state index in [-0.39, 0.29) is 0 Å². The van der Waals surface area contributed by atoms with Crippen molar-refractivity contribution in [2.45, 2.75) is 38.8 Å². The number of ether oxygens (including phenoxy) is 1. The molecular weight excluding hydrogens is 398 g/mol. The van der Waals surface area contributed by atoms with Crippen molar-refractivity contribution in [1.29, 1.82) is 0 Å². The third-order valence-electron chi connectivity index (χ3n) is 6.91. The van der Waals surface area contributed by atoms with Crippen molar-refractivity contribution in [3.63, 3.8) is 0 Å². The molecule has 5 heteroatoms. The summed E-state index contributed by atoms with van der Waals surface area (Å²) in [5, 5.41) is 0. The van der Waals surface area contributed by atoms with Gasteiger partial charge in [-0.15, -0.1) is 0 Å². The van der Waals surface area contributed by atoms with Gasteiger partial charge in [-0.05, 0) is 55.0 Å². The predicted octanol–water partition coefficient (Wildman–Crippen LogP) is 4.03. The van der Waals surface area contributed by atoms with Gasteiger partial charge in [-0.25, -0.2) is 0 Å². The molecule has 1 amide bonds. The maximum atomic E-state index is 12.8. The van der Waals surface area contributed by atoms with Gasteiger partial charge in [-0.3, -0.25) is 14.6 Å². The van der Waals surface area contributed by atoms with Gasteiger partial charge in [0.25, 0.3) is 0 Å². The summed E-state index contributed by atoms with van der Waals surface area (Å²) in [5.74, 6) is 1.88. The summed E-state index contributed by atoms with van der Waals surface area (Å²) in [4.78, 5) is 19.9. The molecule has 0 unspecified atom stereocenters. The van der Waals surface area contributed by atoms with Crippen molar-refractivity contribution < 1.29 is 9.53 Å². The summed E-state index contributed by atoms with van der Waals surface area (Å²) in [5.41, 5.74) is 2.68. The van der Waals surface area contributed by atoms with E-state index in [1.165, 1.54) is 24.0 Å². The molecule has 2 aromatic rings. The molecule has 0 bridgehead atoms. The van der Waals surface area contributed by atoms with Crippen molar-refractivity contribution in [2.75, 3.05) is 46.4 Å². The number of hydrogen-bond acceptors (Lipinski definition) is 4. The van der Waals surface area contributed by atoms with Gasteiger partial charge in [0.05, 0.1) is 7.11 Å². The molecular formula is C27H37N3O2. The zero-order valence-corrected chi connectivity index (χ0v) is 19.4. The lowest BCUT2D eigenvalue weighted by Gasteiger charge is -2.36. The van der Waals surface area contributed by atoms with Crippen LogP contribution in [0.25, 0.3) is 0 Å². The third kappa shape index (κ3) is 6.57. The van der Waals surface area contributed by atoms with Crippen LogP contribution < -0.4 is 4.74 Å². The SMILES string of the molecule is COc1ccc(CN2CCC[C@H](CCC(=O)N3CCN(Cc4ccccc4)CC3)C2)cc1. The number of piperazine rings is 1. The average molecular weight is 436 g/mol. The van der Waals surface area contributed by atoms with E-state index in [0.29, 0.717) is 18.2 Å². The van der Waals surface area contributed by atoms with Crippen LogP contribution in [-0.2, 0) is 17.9 Å².